The number of ether oxygens (including phenoxy) is 1. The summed E-state index contributed by atoms with van der Waals surface area (Å²) in [6, 6.07) is 14.0. The molecule has 0 N–H and O–H groups in total. The first-order valence-corrected chi connectivity index (χ1v) is 9.41. The van der Waals surface area contributed by atoms with Crippen molar-refractivity contribution in [2.75, 3.05) is 31.1 Å². The highest BCUT2D eigenvalue weighted by molar-refractivity contribution is 5.95. The molecular formula is C21H26N2O3. The van der Waals surface area contributed by atoms with Crippen molar-refractivity contribution in [3.63, 3.8) is 0 Å². The Balaban J connectivity index is 1.44. The Labute approximate surface area is 154 Å². The maximum Gasteiger partial charge on any atom is 0.253 e. The fourth-order valence-corrected chi connectivity index (χ4v) is 4.03. The molecule has 1 aromatic heterocycles. The number of carbonyl (C=O) groups excluding carboxylic acids is 1. The van der Waals surface area contributed by atoms with Crippen molar-refractivity contribution >= 4 is 11.6 Å². The van der Waals surface area contributed by atoms with E-state index in [1.165, 1.54) is 0 Å². The number of aryl methyl sites for hydroxylation is 1. The number of anilines is 1. The van der Waals surface area contributed by atoms with Gasteiger partial charge in [-0.05, 0) is 57.0 Å². The third-order valence-corrected chi connectivity index (χ3v) is 5.48. The van der Waals surface area contributed by atoms with Crippen molar-refractivity contribution in [2.24, 2.45) is 0 Å². The smallest absolute Gasteiger partial charge is 0.253 e. The maximum atomic E-state index is 12.4. The first-order chi connectivity index (χ1) is 12.6. The number of likely N-dealkylation sites (tertiary alicyclic amines) is 1. The molecular weight excluding hydrogens is 328 g/mol. The zero-order chi connectivity index (χ0) is 18.0. The minimum absolute atomic E-state index is 0.0500. The number of para-hydroxylation sites is 1. The number of hydrogen-bond acceptors (Lipinski definition) is 4. The molecule has 138 valence electrons. The third-order valence-electron chi connectivity index (χ3n) is 5.48. The Kier molecular flexibility index (Phi) is 4.83. The minimum Gasteiger partial charge on any atom is -0.465 e. The number of morpholine rings is 1. The van der Waals surface area contributed by atoms with Gasteiger partial charge in [0.1, 0.15) is 18.1 Å². The van der Waals surface area contributed by atoms with Gasteiger partial charge in [0.15, 0.2) is 0 Å². The van der Waals surface area contributed by atoms with E-state index in [-0.39, 0.29) is 18.1 Å². The van der Waals surface area contributed by atoms with Gasteiger partial charge in [0.05, 0.1) is 18.7 Å². The van der Waals surface area contributed by atoms with E-state index >= 15 is 0 Å². The van der Waals surface area contributed by atoms with Crippen LogP contribution in [0.4, 0.5) is 5.69 Å². The predicted octanol–water partition coefficient (Wildman–Crippen LogP) is 3.38. The van der Waals surface area contributed by atoms with Gasteiger partial charge in [-0.25, -0.2) is 0 Å². The van der Waals surface area contributed by atoms with Crippen LogP contribution >= 0.6 is 0 Å². The number of furan rings is 1. The van der Waals surface area contributed by atoms with Crippen LogP contribution in [0.5, 0.6) is 0 Å². The Morgan fingerprint density at radius 1 is 1.08 bits per heavy atom. The van der Waals surface area contributed by atoms with Gasteiger partial charge in [0.2, 0.25) is 0 Å². The molecule has 1 aromatic carbocycles. The second-order valence-corrected chi connectivity index (χ2v) is 7.43. The molecule has 2 aromatic rings. The first-order valence-electron chi connectivity index (χ1n) is 9.41. The second-order valence-electron chi connectivity index (χ2n) is 7.43. The molecule has 1 spiro atoms. The normalized spacial score (nSPS) is 24.8. The van der Waals surface area contributed by atoms with Crippen molar-refractivity contribution in [1.82, 2.24) is 4.90 Å². The molecule has 1 atom stereocenters. The third kappa shape index (κ3) is 3.69. The molecule has 0 aliphatic carbocycles. The molecule has 2 fully saturated rings. The summed E-state index contributed by atoms with van der Waals surface area (Å²) in [6.07, 6.45) is 2.98. The monoisotopic (exact) mass is 354 g/mol. The summed E-state index contributed by atoms with van der Waals surface area (Å²) in [6.45, 7) is 5.62. The van der Waals surface area contributed by atoms with E-state index < -0.39 is 0 Å². The summed E-state index contributed by atoms with van der Waals surface area (Å²) in [5, 5.41) is 0. The van der Waals surface area contributed by atoms with Gasteiger partial charge in [0.25, 0.3) is 5.91 Å². The second kappa shape index (κ2) is 7.25. The van der Waals surface area contributed by atoms with Gasteiger partial charge >= 0.3 is 0 Å². The Bertz CT molecular complexity index is 758. The highest BCUT2D eigenvalue weighted by atomic mass is 16.5. The van der Waals surface area contributed by atoms with E-state index in [0.717, 1.165) is 56.1 Å². The van der Waals surface area contributed by atoms with Gasteiger partial charge < -0.3 is 14.1 Å². The lowest BCUT2D eigenvalue weighted by atomic mass is 9.92. The Morgan fingerprint density at radius 2 is 1.92 bits per heavy atom. The number of amides is 1. The van der Waals surface area contributed by atoms with E-state index in [0.29, 0.717) is 6.54 Å². The lowest BCUT2D eigenvalue weighted by Crippen LogP contribution is -2.55. The summed E-state index contributed by atoms with van der Waals surface area (Å²) >= 11 is 0. The van der Waals surface area contributed by atoms with Crippen LogP contribution in [0.25, 0.3) is 0 Å². The lowest BCUT2D eigenvalue weighted by Gasteiger charge is -2.42. The SMILES string of the molecule is Cc1ccc(CN2CCCC3(CC2)CN(c2ccccc2)C(=O)CO3)o1. The number of benzene rings is 1. The van der Waals surface area contributed by atoms with Gasteiger partial charge in [-0.2, -0.15) is 0 Å². The highest BCUT2D eigenvalue weighted by Gasteiger charge is 2.41. The van der Waals surface area contributed by atoms with Crippen LogP contribution in [0, 0.1) is 6.92 Å². The van der Waals surface area contributed by atoms with Crippen molar-refractivity contribution < 1.29 is 13.9 Å². The van der Waals surface area contributed by atoms with Crippen molar-refractivity contribution in [2.45, 2.75) is 38.3 Å². The van der Waals surface area contributed by atoms with Crippen molar-refractivity contribution in [3.05, 3.63) is 54.0 Å². The van der Waals surface area contributed by atoms with Crippen LogP contribution in [-0.2, 0) is 16.1 Å². The molecule has 3 heterocycles. The molecule has 5 nitrogen and oxygen atoms in total. The summed E-state index contributed by atoms with van der Waals surface area (Å²) < 4.78 is 11.8. The summed E-state index contributed by atoms with van der Waals surface area (Å²) in [7, 11) is 0. The molecule has 2 saturated heterocycles. The largest absolute Gasteiger partial charge is 0.465 e. The van der Waals surface area contributed by atoms with Gasteiger partial charge in [0, 0.05) is 12.2 Å². The predicted molar refractivity (Wildman–Crippen MR) is 100 cm³/mol. The minimum atomic E-state index is -0.239. The fraction of sp³-hybridized carbons (Fsp3) is 0.476. The summed E-state index contributed by atoms with van der Waals surface area (Å²) in [4.78, 5) is 16.7. The van der Waals surface area contributed by atoms with Gasteiger partial charge in [-0.3, -0.25) is 9.69 Å². The van der Waals surface area contributed by atoms with E-state index in [2.05, 4.69) is 11.0 Å². The van der Waals surface area contributed by atoms with Crippen LogP contribution < -0.4 is 4.90 Å². The maximum absolute atomic E-state index is 12.4. The molecule has 1 unspecified atom stereocenters. The van der Waals surface area contributed by atoms with E-state index in [1.807, 2.05) is 48.2 Å². The van der Waals surface area contributed by atoms with Gasteiger partial charge in [-0.15, -0.1) is 0 Å². The molecule has 26 heavy (non-hydrogen) atoms. The summed E-state index contributed by atoms with van der Waals surface area (Å²) in [5.41, 5.74) is 0.727. The van der Waals surface area contributed by atoms with E-state index in [1.54, 1.807) is 0 Å². The standard InChI is InChI=1S/C21H26N2O3/c1-17-8-9-19(26-17)14-22-12-5-10-21(11-13-22)16-23(20(24)15-25-21)18-6-3-2-4-7-18/h2-4,6-9H,5,10-16H2,1H3. The van der Waals surface area contributed by atoms with Gasteiger partial charge in [-0.1, -0.05) is 18.2 Å². The molecule has 0 bridgehead atoms. The van der Waals surface area contributed by atoms with Crippen molar-refractivity contribution in [1.29, 1.82) is 0 Å². The Hall–Kier alpha value is -2.11. The zero-order valence-corrected chi connectivity index (χ0v) is 15.3. The lowest BCUT2D eigenvalue weighted by molar-refractivity contribution is -0.140. The zero-order valence-electron chi connectivity index (χ0n) is 15.3. The molecule has 0 radical (unpaired) electrons. The van der Waals surface area contributed by atoms with Crippen LogP contribution in [0.3, 0.4) is 0 Å². The Morgan fingerprint density at radius 3 is 2.69 bits per heavy atom. The van der Waals surface area contributed by atoms with E-state index in [9.17, 15) is 4.79 Å². The van der Waals surface area contributed by atoms with E-state index in [4.69, 9.17) is 9.15 Å². The average molecular weight is 354 g/mol. The number of carbonyl (C=O) groups is 1. The van der Waals surface area contributed by atoms with Crippen LogP contribution in [0.15, 0.2) is 46.9 Å². The van der Waals surface area contributed by atoms with Crippen LogP contribution in [0.2, 0.25) is 0 Å². The molecule has 2 aliphatic heterocycles. The van der Waals surface area contributed by atoms with Crippen molar-refractivity contribution in [3.8, 4) is 0 Å². The highest BCUT2D eigenvalue weighted by Crippen LogP contribution is 2.33. The summed E-state index contributed by atoms with van der Waals surface area (Å²) in [5.74, 6) is 2.03. The fourth-order valence-electron chi connectivity index (χ4n) is 4.03. The molecule has 2 aliphatic rings. The van der Waals surface area contributed by atoms with Crippen LogP contribution in [0.1, 0.15) is 30.8 Å². The molecule has 5 heteroatoms. The number of rotatable bonds is 3. The molecule has 1 amide bonds. The van der Waals surface area contributed by atoms with Crippen LogP contribution in [-0.4, -0.2) is 42.6 Å². The average Bonchev–Trinajstić information content (AvgIpc) is 2.97. The topological polar surface area (TPSA) is 45.9 Å². The number of nitrogens with zero attached hydrogens (tertiary/aromatic N) is 2. The number of hydrogen-bond donors (Lipinski definition) is 0. The molecule has 4 rings (SSSR count). The molecule has 0 saturated carbocycles. The quantitative estimate of drug-likeness (QED) is 0.848. The first kappa shape index (κ1) is 17.3.